The van der Waals surface area contributed by atoms with E-state index in [1.165, 1.54) is 36.4 Å². The lowest BCUT2D eigenvalue weighted by Crippen LogP contribution is -2.15. The molecule has 0 aliphatic rings. The fourth-order valence-corrected chi connectivity index (χ4v) is 4.74. The SMILES string of the molecule is CS(=O)(=O)Nc1ccc(C(=O)Nc2ccc(S(=O)(=O)Nc3cccc(C(F)(F)F)c3)cc2)c(Cl)c1. The number of sulfonamides is 2. The van der Waals surface area contributed by atoms with Crippen LogP contribution in [-0.2, 0) is 26.2 Å². The van der Waals surface area contributed by atoms with Crippen LogP contribution in [0.5, 0.6) is 0 Å². The lowest BCUT2D eigenvalue weighted by Gasteiger charge is -2.12. The molecule has 14 heteroatoms. The summed E-state index contributed by atoms with van der Waals surface area (Å²) in [7, 11) is -7.74. The maximum Gasteiger partial charge on any atom is 0.416 e. The molecule has 3 aromatic carbocycles. The van der Waals surface area contributed by atoms with E-state index in [1.54, 1.807) is 0 Å². The quantitative estimate of drug-likeness (QED) is 0.393. The minimum absolute atomic E-state index is 0.0272. The molecule has 35 heavy (non-hydrogen) atoms. The van der Waals surface area contributed by atoms with Gasteiger partial charge < -0.3 is 5.32 Å². The van der Waals surface area contributed by atoms with Crippen LogP contribution in [0.1, 0.15) is 15.9 Å². The van der Waals surface area contributed by atoms with Crippen LogP contribution in [0.3, 0.4) is 0 Å². The largest absolute Gasteiger partial charge is 0.416 e. The first-order valence-electron chi connectivity index (χ1n) is 9.53. The summed E-state index contributed by atoms with van der Waals surface area (Å²) in [6.07, 6.45) is -3.67. The van der Waals surface area contributed by atoms with Crippen LogP contribution in [0.25, 0.3) is 0 Å². The first-order valence-corrected chi connectivity index (χ1v) is 13.3. The molecule has 0 bridgehead atoms. The first kappa shape index (κ1) is 26.3. The second kappa shape index (κ2) is 9.76. The van der Waals surface area contributed by atoms with Crippen LogP contribution < -0.4 is 14.8 Å². The second-order valence-corrected chi connectivity index (χ2v) is 11.1. The van der Waals surface area contributed by atoms with Gasteiger partial charge in [-0.05, 0) is 60.7 Å². The Labute approximate surface area is 204 Å². The second-order valence-electron chi connectivity index (χ2n) is 7.23. The molecular formula is C21H17ClF3N3O5S2. The van der Waals surface area contributed by atoms with Crippen LogP contribution >= 0.6 is 11.6 Å². The number of nitrogens with one attached hydrogen (secondary N) is 3. The molecule has 1 amide bonds. The average molecular weight is 548 g/mol. The van der Waals surface area contributed by atoms with Crippen molar-refractivity contribution >= 4 is 54.6 Å². The molecule has 0 radical (unpaired) electrons. The fraction of sp³-hybridized carbons (Fsp3) is 0.0952. The highest BCUT2D eigenvalue weighted by molar-refractivity contribution is 7.92. The molecule has 0 aliphatic carbocycles. The van der Waals surface area contributed by atoms with Crippen molar-refractivity contribution in [2.24, 2.45) is 0 Å². The van der Waals surface area contributed by atoms with Gasteiger partial charge in [0.2, 0.25) is 10.0 Å². The summed E-state index contributed by atoms with van der Waals surface area (Å²) >= 11 is 6.07. The average Bonchev–Trinajstić information content (AvgIpc) is 2.72. The van der Waals surface area contributed by atoms with E-state index in [0.29, 0.717) is 6.07 Å². The molecule has 0 fully saturated rings. The minimum atomic E-state index is -4.63. The van der Waals surface area contributed by atoms with E-state index < -0.39 is 37.7 Å². The highest BCUT2D eigenvalue weighted by Gasteiger charge is 2.30. The van der Waals surface area contributed by atoms with E-state index in [0.717, 1.165) is 30.5 Å². The van der Waals surface area contributed by atoms with E-state index in [1.807, 2.05) is 0 Å². The molecule has 0 saturated heterocycles. The number of rotatable bonds is 7. The van der Waals surface area contributed by atoms with Crippen molar-refractivity contribution in [3.8, 4) is 0 Å². The third-order valence-corrected chi connectivity index (χ3v) is 6.70. The lowest BCUT2D eigenvalue weighted by atomic mass is 10.2. The molecule has 0 heterocycles. The van der Waals surface area contributed by atoms with Gasteiger partial charge in [-0.1, -0.05) is 17.7 Å². The van der Waals surface area contributed by atoms with Crippen molar-refractivity contribution in [2.75, 3.05) is 21.0 Å². The Hall–Kier alpha value is -3.29. The molecule has 3 aromatic rings. The predicted molar refractivity (Wildman–Crippen MR) is 127 cm³/mol. The van der Waals surface area contributed by atoms with Gasteiger partial charge in [0.15, 0.2) is 0 Å². The number of carbonyl (C=O) groups is 1. The molecule has 186 valence electrons. The number of alkyl halides is 3. The van der Waals surface area contributed by atoms with Crippen molar-refractivity contribution < 1.29 is 34.8 Å². The summed E-state index contributed by atoms with van der Waals surface area (Å²) < 4.78 is 90.6. The van der Waals surface area contributed by atoms with Crippen molar-refractivity contribution in [3.63, 3.8) is 0 Å². The third kappa shape index (κ3) is 7.10. The smallest absolute Gasteiger partial charge is 0.322 e. The van der Waals surface area contributed by atoms with Crippen LogP contribution in [-0.4, -0.2) is 29.0 Å². The fourth-order valence-electron chi connectivity index (χ4n) is 2.87. The molecule has 3 rings (SSSR count). The van der Waals surface area contributed by atoms with E-state index >= 15 is 0 Å². The number of halogens is 4. The van der Waals surface area contributed by atoms with Gasteiger partial charge in [0.1, 0.15) is 0 Å². The van der Waals surface area contributed by atoms with Crippen molar-refractivity contribution in [2.45, 2.75) is 11.1 Å². The highest BCUT2D eigenvalue weighted by atomic mass is 35.5. The highest BCUT2D eigenvalue weighted by Crippen LogP contribution is 2.31. The Morgan fingerprint density at radius 1 is 0.829 bits per heavy atom. The number of amides is 1. The number of benzene rings is 3. The molecule has 0 spiro atoms. The Morgan fingerprint density at radius 2 is 1.43 bits per heavy atom. The Kier molecular flexibility index (Phi) is 7.34. The summed E-state index contributed by atoms with van der Waals surface area (Å²) in [5.41, 5.74) is -0.858. The van der Waals surface area contributed by atoms with Gasteiger partial charge in [-0.2, -0.15) is 13.2 Å². The zero-order chi connectivity index (χ0) is 26.0. The van der Waals surface area contributed by atoms with Crippen LogP contribution in [0.2, 0.25) is 5.02 Å². The number of hydrogen-bond donors (Lipinski definition) is 3. The predicted octanol–water partition coefficient (Wildman–Crippen LogP) is 4.78. The maximum atomic E-state index is 12.9. The monoisotopic (exact) mass is 547 g/mol. The lowest BCUT2D eigenvalue weighted by molar-refractivity contribution is -0.137. The van der Waals surface area contributed by atoms with E-state index in [4.69, 9.17) is 11.6 Å². The molecule has 8 nitrogen and oxygen atoms in total. The summed E-state index contributed by atoms with van der Waals surface area (Å²) in [6.45, 7) is 0. The molecular weight excluding hydrogens is 531 g/mol. The van der Waals surface area contributed by atoms with Crippen molar-refractivity contribution in [1.29, 1.82) is 0 Å². The van der Waals surface area contributed by atoms with Crippen molar-refractivity contribution in [1.82, 2.24) is 0 Å². The molecule has 0 saturated carbocycles. The minimum Gasteiger partial charge on any atom is -0.322 e. The summed E-state index contributed by atoms with van der Waals surface area (Å²) in [5, 5.41) is 2.49. The van der Waals surface area contributed by atoms with Gasteiger partial charge in [0.25, 0.3) is 15.9 Å². The summed E-state index contributed by atoms with van der Waals surface area (Å²) in [4.78, 5) is 12.3. The van der Waals surface area contributed by atoms with Gasteiger partial charge in [0.05, 0.1) is 27.3 Å². The van der Waals surface area contributed by atoms with Gasteiger partial charge in [0, 0.05) is 17.1 Å². The number of hydrogen-bond acceptors (Lipinski definition) is 5. The first-order chi connectivity index (χ1) is 16.1. The Bertz CT molecular complexity index is 1480. The van der Waals surface area contributed by atoms with Crippen molar-refractivity contribution in [3.05, 3.63) is 82.9 Å². The Balaban J connectivity index is 1.72. The Morgan fingerprint density at radius 3 is 2.00 bits per heavy atom. The van der Waals surface area contributed by atoms with Gasteiger partial charge >= 0.3 is 6.18 Å². The zero-order valence-electron chi connectivity index (χ0n) is 17.7. The number of anilines is 3. The van der Waals surface area contributed by atoms with Gasteiger partial charge in [-0.25, -0.2) is 16.8 Å². The molecule has 3 N–H and O–H groups in total. The van der Waals surface area contributed by atoms with Crippen LogP contribution in [0.4, 0.5) is 30.2 Å². The van der Waals surface area contributed by atoms with E-state index in [9.17, 15) is 34.8 Å². The molecule has 0 atom stereocenters. The topological polar surface area (TPSA) is 121 Å². The van der Waals surface area contributed by atoms with E-state index in [2.05, 4.69) is 14.8 Å². The molecule has 0 aliphatic heterocycles. The third-order valence-electron chi connectivity index (χ3n) is 4.38. The molecule has 0 aromatic heterocycles. The van der Waals surface area contributed by atoms with Crippen LogP contribution in [0.15, 0.2) is 71.6 Å². The maximum absolute atomic E-state index is 12.9. The summed E-state index contributed by atoms with van der Waals surface area (Å²) in [5.74, 6) is -0.640. The standard InChI is InChI=1S/C21H17ClF3N3O5S2/c1-34(30,31)27-16-7-10-18(19(22)12-16)20(29)26-14-5-8-17(9-6-14)35(32,33)28-15-4-2-3-13(11-15)21(23,24)25/h2-12,27-28H,1H3,(H,26,29). The van der Waals surface area contributed by atoms with Crippen LogP contribution in [0, 0.1) is 0 Å². The summed E-state index contributed by atoms with van der Waals surface area (Å²) in [6, 6.07) is 12.5. The molecule has 0 unspecified atom stereocenters. The normalized spacial score (nSPS) is 12.1. The zero-order valence-corrected chi connectivity index (χ0v) is 20.1. The van der Waals surface area contributed by atoms with Gasteiger partial charge in [-0.3, -0.25) is 14.2 Å². The number of carbonyl (C=O) groups excluding carboxylic acids is 1. The van der Waals surface area contributed by atoms with Gasteiger partial charge in [-0.15, -0.1) is 0 Å². The van der Waals surface area contributed by atoms with E-state index in [-0.39, 0.29) is 32.5 Å².